The molecule has 0 amide bonds. The van der Waals surface area contributed by atoms with E-state index in [0.29, 0.717) is 11.3 Å². The molecule has 0 aromatic heterocycles. The zero-order chi connectivity index (χ0) is 19.8. The van der Waals surface area contributed by atoms with E-state index in [4.69, 9.17) is 9.47 Å². The maximum absolute atomic E-state index is 11.7. The second kappa shape index (κ2) is 6.99. The number of benzene rings is 2. The van der Waals surface area contributed by atoms with Crippen LogP contribution in [0.2, 0.25) is 0 Å². The predicted octanol–water partition coefficient (Wildman–Crippen LogP) is 4.22. The lowest BCUT2D eigenvalue weighted by Gasteiger charge is -2.38. The van der Waals surface area contributed by atoms with Crippen LogP contribution in [0.4, 0.5) is 11.4 Å². The van der Waals surface area contributed by atoms with Gasteiger partial charge in [-0.3, -0.25) is 10.1 Å². The number of non-ortho nitro benzene ring substituents is 1. The summed E-state index contributed by atoms with van der Waals surface area (Å²) in [4.78, 5) is 22.6. The minimum Gasteiger partial charge on any atom is -0.494 e. The highest BCUT2D eigenvalue weighted by atomic mass is 16.6. The predicted molar refractivity (Wildman–Crippen MR) is 104 cm³/mol. The lowest BCUT2D eigenvalue weighted by molar-refractivity contribution is -0.385. The number of methoxy groups -OCH3 is 2. The number of nitrogens with zero attached hydrogens (tertiary/aromatic N) is 1. The Bertz CT molecular complexity index is 968. The minimum atomic E-state index is -0.395. The number of fused-ring (bicyclic) bond motifs is 3. The monoisotopic (exact) mass is 380 g/mol. The molecule has 0 spiro atoms. The van der Waals surface area contributed by atoms with Crippen LogP contribution < -0.4 is 10.1 Å². The number of carbonyl (C=O) groups excluding carboxylic acids is 1. The van der Waals surface area contributed by atoms with Crippen LogP contribution >= 0.6 is 0 Å². The number of esters is 1. The molecule has 2 aromatic carbocycles. The van der Waals surface area contributed by atoms with Crippen LogP contribution in [0.1, 0.15) is 39.9 Å². The summed E-state index contributed by atoms with van der Waals surface area (Å²) >= 11 is 0. The summed E-state index contributed by atoms with van der Waals surface area (Å²) in [6, 6.07) is 10.4. The third-order valence-corrected chi connectivity index (χ3v) is 5.54. The molecule has 1 heterocycles. The third kappa shape index (κ3) is 2.89. The Kier molecular flexibility index (Phi) is 4.50. The van der Waals surface area contributed by atoms with Crippen molar-refractivity contribution in [2.45, 2.75) is 18.4 Å². The average molecular weight is 380 g/mol. The van der Waals surface area contributed by atoms with Gasteiger partial charge in [0, 0.05) is 12.0 Å². The first-order chi connectivity index (χ1) is 13.5. The van der Waals surface area contributed by atoms with Gasteiger partial charge >= 0.3 is 5.97 Å². The fourth-order valence-electron chi connectivity index (χ4n) is 4.19. The van der Waals surface area contributed by atoms with Crippen LogP contribution in [0.5, 0.6) is 5.75 Å². The second-order valence-electron chi connectivity index (χ2n) is 6.96. The SMILES string of the molecule is COC(=O)c1ccc([C@H]2Nc3c(OC)cc([N+](=O)[O-])cc3[C@H]3C=CC[C@@H]32)cc1. The topological polar surface area (TPSA) is 90.7 Å². The summed E-state index contributed by atoms with van der Waals surface area (Å²) in [7, 11) is 2.87. The van der Waals surface area contributed by atoms with Gasteiger partial charge in [0.1, 0.15) is 5.75 Å². The van der Waals surface area contributed by atoms with Crippen molar-refractivity contribution in [2.75, 3.05) is 19.5 Å². The highest BCUT2D eigenvalue weighted by Gasteiger charge is 2.40. The van der Waals surface area contributed by atoms with Crippen LogP contribution in [0.3, 0.4) is 0 Å². The van der Waals surface area contributed by atoms with E-state index in [9.17, 15) is 14.9 Å². The summed E-state index contributed by atoms with van der Waals surface area (Å²) in [5.41, 5.74) is 3.22. The van der Waals surface area contributed by atoms with E-state index >= 15 is 0 Å². The van der Waals surface area contributed by atoms with Gasteiger partial charge in [0.15, 0.2) is 0 Å². The number of nitro groups is 1. The fourth-order valence-corrected chi connectivity index (χ4v) is 4.19. The number of hydrogen-bond acceptors (Lipinski definition) is 6. The molecule has 0 radical (unpaired) electrons. The minimum absolute atomic E-state index is 0.00504. The molecule has 7 heteroatoms. The Morgan fingerprint density at radius 1 is 1.21 bits per heavy atom. The molecule has 0 saturated carbocycles. The largest absolute Gasteiger partial charge is 0.494 e. The smallest absolute Gasteiger partial charge is 0.337 e. The zero-order valence-electron chi connectivity index (χ0n) is 15.5. The summed E-state index contributed by atoms with van der Waals surface area (Å²) < 4.78 is 10.2. The van der Waals surface area contributed by atoms with E-state index in [-0.39, 0.29) is 29.5 Å². The number of hydrogen-bond donors (Lipinski definition) is 1. The molecule has 1 aliphatic carbocycles. The van der Waals surface area contributed by atoms with E-state index in [1.807, 2.05) is 12.1 Å². The van der Waals surface area contributed by atoms with E-state index in [1.165, 1.54) is 20.3 Å². The molecule has 4 rings (SSSR count). The highest BCUT2D eigenvalue weighted by Crippen LogP contribution is 2.53. The summed E-state index contributed by atoms with van der Waals surface area (Å²) in [5, 5.41) is 14.8. The first-order valence-corrected chi connectivity index (χ1v) is 9.01. The number of nitrogens with one attached hydrogen (secondary N) is 1. The van der Waals surface area contributed by atoms with Crippen molar-refractivity contribution in [3.05, 3.63) is 75.4 Å². The normalized spacial score (nSPS) is 22.0. The quantitative estimate of drug-likeness (QED) is 0.370. The van der Waals surface area contributed by atoms with Crippen LogP contribution in [-0.2, 0) is 4.74 Å². The third-order valence-electron chi connectivity index (χ3n) is 5.54. The Morgan fingerprint density at radius 3 is 2.61 bits per heavy atom. The number of allylic oxidation sites excluding steroid dienone is 2. The molecule has 0 fully saturated rings. The summed E-state index contributed by atoms with van der Waals surface area (Å²) in [6.45, 7) is 0. The lowest BCUT2D eigenvalue weighted by atomic mass is 9.76. The lowest BCUT2D eigenvalue weighted by Crippen LogP contribution is -2.29. The highest BCUT2D eigenvalue weighted by molar-refractivity contribution is 5.89. The zero-order valence-corrected chi connectivity index (χ0v) is 15.5. The standard InChI is InChI=1S/C21H20N2O5/c1-27-18-11-14(23(25)26)10-17-15-4-3-5-16(15)19(22-20(17)18)12-6-8-13(9-7-12)21(24)28-2/h3-4,6-11,15-16,19,22H,5H2,1-2H3/t15-,16-,19+/m0/s1. The molecule has 0 unspecified atom stereocenters. The number of rotatable bonds is 4. The van der Waals surface area contributed by atoms with Gasteiger partial charge < -0.3 is 14.8 Å². The van der Waals surface area contributed by atoms with Crippen LogP contribution in [0, 0.1) is 16.0 Å². The maximum atomic E-state index is 11.7. The Balaban J connectivity index is 1.76. The molecular formula is C21H20N2O5. The molecule has 3 atom stereocenters. The van der Waals surface area contributed by atoms with Gasteiger partial charge in [0.2, 0.25) is 0 Å². The molecule has 0 saturated heterocycles. The first-order valence-electron chi connectivity index (χ1n) is 9.01. The van der Waals surface area contributed by atoms with Gasteiger partial charge in [-0.2, -0.15) is 0 Å². The number of nitro benzene ring substituents is 1. The fraction of sp³-hybridized carbons (Fsp3) is 0.286. The molecule has 28 heavy (non-hydrogen) atoms. The van der Waals surface area contributed by atoms with E-state index in [2.05, 4.69) is 17.5 Å². The van der Waals surface area contributed by atoms with E-state index in [1.54, 1.807) is 18.2 Å². The van der Waals surface area contributed by atoms with E-state index in [0.717, 1.165) is 23.2 Å². The second-order valence-corrected chi connectivity index (χ2v) is 6.96. The molecule has 2 aromatic rings. The molecule has 1 aliphatic heterocycles. The number of anilines is 1. The van der Waals surface area contributed by atoms with Gasteiger partial charge in [-0.05, 0) is 35.6 Å². The Hall–Kier alpha value is -3.35. The van der Waals surface area contributed by atoms with Crippen molar-refractivity contribution >= 4 is 17.3 Å². The number of carbonyl (C=O) groups is 1. The van der Waals surface area contributed by atoms with Crippen molar-refractivity contribution in [3.8, 4) is 5.75 Å². The van der Waals surface area contributed by atoms with Crippen LogP contribution in [0.25, 0.3) is 0 Å². The number of ether oxygens (including phenoxy) is 2. The van der Waals surface area contributed by atoms with Gasteiger partial charge in [-0.1, -0.05) is 24.3 Å². The average Bonchev–Trinajstić information content (AvgIpc) is 3.22. The van der Waals surface area contributed by atoms with Crippen molar-refractivity contribution in [3.63, 3.8) is 0 Å². The summed E-state index contributed by atoms with van der Waals surface area (Å²) in [5.74, 6) is 0.375. The van der Waals surface area contributed by atoms with Gasteiger partial charge in [0.25, 0.3) is 5.69 Å². The van der Waals surface area contributed by atoms with Crippen molar-refractivity contribution < 1.29 is 19.2 Å². The molecular weight excluding hydrogens is 360 g/mol. The molecule has 2 aliphatic rings. The molecule has 7 nitrogen and oxygen atoms in total. The van der Waals surface area contributed by atoms with Gasteiger partial charge in [0.05, 0.1) is 42.5 Å². The van der Waals surface area contributed by atoms with Crippen molar-refractivity contribution in [1.29, 1.82) is 0 Å². The Labute approximate surface area is 162 Å². The molecule has 0 bridgehead atoms. The van der Waals surface area contributed by atoms with E-state index < -0.39 is 4.92 Å². The molecule has 144 valence electrons. The van der Waals surface area contributed by atoms with Gasteiger partial charge in [-0.15, -0.1) is 0 Å². The van der Waals surface area contributed by atoms with Crippen molar-refractivity contribution in [2.24, 2.45) is 5.92 Å². The van der Waals surface area contributed by atoms with Gasteiger partial charge in [-0.25, -0.2) is 4.79 Å². The molecule has 1 N–H and O–H groups in total. The van der Waals surface area contributed by atoms with Crippen LogP contribution in [0.15, 0.2) is 48.6 Å². The maximum Gasteiger partial charge on any atom is 0.337 e. The first kappa shape index (κ1) is 18.0. The Morgan fingerprint density at radius 2 is 1.96 bits per heavy atom. The van der Waals surface area contributed by atoms with Crippen molar-refractivity contribution in [1.82, 2.24) is 0 Å². The van der Waals surface area contributed by atoms with Crippen LogP contribution in [-0.4, -0.2) is 25.1 Å². The summed E-state index contributed by atoms with van der Waals surface area (Å²) in [6.07, 6.45) is 5.10.